The fourth-order valence-electron chi connectivity index (χ4n) is 5.64. The monoisotopic (exact) mass is 562 g/mol. The molecule has 0 aromatic carbocycles. The Morgan fingerprint density at radius 2 is 1.35 bits per heavy atom. The van der Waals surface area contributed by atoms with Crippen molar-refractivity contribution < 1.29 is 14.0 Å². The molecule has 2 aliphatic rings. The first kappa shape index (κ1) is 38.6. The summed E-state index contributed by atoms with van der Waals surface area (Å²) in [7, 11) is 2.25. The molecule has 4 nitrogen and oxygen atoms in total. The summed E-state index contributed by atoms with van der Waals surface area (Å²) in [6, 6.07) is 0. The number of esters is 1. The van der Waals surface area contributed by atoms with Crippen molar-refractivity contribution in [2.24, 2.45) is 5.92 Å². The summed E-state index contributed by atoms with van der Waals surface area (Å²) in [6.07, 6.45) is 24.3. The Labute approximate surface area is 250 Å². The molecule has 1 fully saturated rings. The number of hydrogen-bond acceptors (Lipinski definition) is 3. The van der Waals surface area contributed by atoms with Gasteiger partial charge in [-0.2, -0.15) is 0 Å². The van der Waals surface area contributed by atoms with E-state index >= 15 is 0 Å². The number of nitrogens with one attached hydrogen (secondary N) is 1. The molecule has 1 aliphatic carbocycles. The van der Waals surface area contributed by atoms with Gasteiger partial charge in [0.25, 0.3) is 0 Å². The molecule has 0 aromatic heterocycles. The van der Waals surface area contributed by atoms with Gasteiger partial charge in [-0.25, -0.2) is 0 Å². The Kier molecular flexibility index (Phi) is 23.3. The van der Waals surface area contributed by atoms with Crippen molar-refractivity contribution in [3.8, 4) is 0 Å². The predicted octanol–water partition coefficient (Wildman–Crippen LogP) is 11.0. The van der Waals surface area contributed by atoms with Gasteiger partial charge in [0.2, 0.25) is 6.23 Å². The number of unbranched alkanes of at least 4 members (excludes halogenated alkanes) is 12. The Hall–Kier alpha value is -1.42. The maximum atomic E-state index is 12.8. The summed E-state index contributed by atoms with van der Waals surface area (Å²) >= 11 is 0. The van der Waals surface area contributed by atoms with Crippen LogP contribution in [0.5, 0.6) is 0 Å². The first-order chi connectivity index (χ1) is 19.4. The number of carbonyl (C=O) groups is 1. The van der Waals surface area contributed by atoms with Gasteiger partial charge in [-0.1, -0.05) is 131 Å². The molecular formula is C36H69N2O2+. The summed E-state index contributed by atoms with van der Waals surface area (Å²) in [6.45, 7) is 18.6. The zero-order valence-corrected chi connectivity index (χ0v) is 28.1. The molecule has 0 bridgehead atoms. The van der Waals surface area contributed by atoms with Crippen molar-refractivity contribution in [1.29, 1.82) is 5.41 Å². The average Bonchev–Trinajstić information content (AvgIpc) is 3.82. The van der Waals surface area contributed by atoms with Crippen LogP contribution in [0.1, 0.15) is 164 Å². The molecule has 2 rings (SSSR count). The van der Waals surface area contributed by atoms with E-state index in [1.165, 1.54) is 76.2 Å². The number of quaternary nitrogens is 1. The van der Waals surface area contributed by atoms with Gasteiger partial charge < -0.3 is 10.1 Å². The topological polar surface area (TPSA) is 50.1 Å². The van der Waals surface area contributed by atoms with Gasteiger partial charge in [-0.05, 0) is 37.7 Å². The van der Waals surface area contributed by atoms with E-state index in [0.717, 1.165) is 68.1 Å². The lowest BCUT2D eigenvalue weighted by Crippen LogP contribution is -2.58. The van der Waals surface area contributed by atoms with Crippen LogP contribution in [-0.2, 0) is 9.53 Å². The third-order valence-electron chi connectivity index (χ3n) is 8.22. The lowest BCUT2D eigenvalue weighted by Gasteiger charge is -2.43. The molecule has 0 saturated heterocycles. The third-order valence-corrected chi connectivity index (χ3v) is 8.22. The molecule has 2 atom stereocenters. The van der Waals surface area contributed by atoms with Crippen molar-refractivity contribution in [1.82, 2.24) is 0 Å². The van der Waals surface area contributed by atoms with Crippen LogP contribution >= 0.6 is 0 Å². The van der Waals surface area contributed by atoms with Gasteiger partial charge >= 0.3 is 5.97 Å². The molecule has 0 amide bonds. The number of rotatable bonds is 21. The molecule has 0 spiro atoms. The number of hydrogen-bond donors (Lipinski definition) is 1. The highest BCUT2D eigenvalue weighted by Crippen LogP contribution is 2.40. The molecule has 40 heavy (non-hydrogen) atoms. The maximum Gasteiger partial charge on any atom is 0.310 e. The van der Waals surface area contributed by atoms with E-state index in [2.05, 4.69) is 33.6 Å². The standard InChI is InChI=1S/C32H57N2O2.2C2H6/c1-5-7-9-11-12-13-14-16-18-22-31(35)36-32(28-23-24-28)34(4)25-19-20-29(26-34)27(3)30(33)21-17-15-10-8-6-2;2*1-2/h20,28,32-33H,3,5-19,21-26H2,1-2,4H3;2*1-2H3/q+1;;. The second kappa shape index (κ2) is 24.2. The fourth-order valence-corrected chi connectivity index (χ4v) is 5.64. The normalized spacial score (nSPS) is 18.8. The van der Waals surface area contributed by atoms with Gasteiger partial charge in [0.1, 0.15) is 6.54 Å². The summed E-state index contributed by atoms with van der Waals surface area (Å²) in [4.78, 5) is 12.8. The van der Waals surface area contributed by atoms with Crippen molar-refractivity contribution in [3.05, 3.63) is 23.8 Å². The van der Waals surface area contributed by atoms with Gasteiger partial charge in [0.05, 0.1) is 13.6 Å². The smallest absolute Gasteiger partial charge is 0.310 e. The summed E-state index contributed by atoms with van der Waals surface area (Å²) < 4.78 is 6.96. The summed E-state index contributed by atoms with van der Waals surface area (Å²) in [5.74, 6) is 0.483. The zero-order valence-electron chi connectivity index (χ0n) is 28.1. The Balaban J connectivity index is 0.00000363. The molecule has 4 heteroatoms. The van der Waals surface area contributed by atoms with Crippen LogP contribution in [-0.4, -0.2) is 42.5 Å². The minimum Gasteiger partial charge on any atom is -0.412 e. The van der Waals surface area contributed by atoms with E-state index in [-0.39, 0.29) is 12.2 Å². The summed E-state index contributed by atoms with van der Waals surface area (Å²) in [5.41, 5.74) is 2.80. The van der Waals surface area contributed by atoms with Crippen molar-refractivity contribution in [2.45, 2.75) is 170 Å². The lowest BCUT2D eigenvalue weighted by atomic mass is 9.94. The van der Waals surface area contributed by atoms with Gasteiger partial charge in [-0.3, -0.25) is 9.28 Å². The molecule has 1 N–H and O–H groups in total. The summed E-state index contributed by atoms with van der Waals surface area (Å²) in [5, 5.41) is 8.59. The fraction of sp³-hybridized carbons (Fsp3) is 0.833. The minimum atomic E-state index is -0.0456. The van der Waals surface area contributed by atoms with E-state index in [1.54, 1.807) is 0 Å². The van der Waals surface area contributed by atoms with Crippen molar-refractivity contribution in [3.63, 3.8) is 0 Å². The highest BCUT2D eigenvalue weighted by Gasteiger charge is 2.48. The van der Waals surface area contributed by atoms with E-state index in [4.69, 9.17) is 10.1 Å². The van der Waals surface area contributed by atoms with Crippen LogP contribution in [0.4, 0.5) is 0 Å². The van der Waals surface area contributed by atoms with Crippen LogP contribution in [0.15, 0.2) is 23.8 Å². The molecule has 2 unspecified atom stereocenters. The highest BCUT2D eigenvalue weighted by atomic mass is 16.6. The van der Waals surface area contributed by atoms with E-state index < -0.39 is 0 Å². The molecule has 1 aliphatic heterocycles. The minimum absolute atomic E-state index is 0.0102. The Morgan fingerprint density at radius 1 is 0.875 bits per heavy atom. The highest BCUT2D eigenvalue weighted by molar-refractivity contribution is 6.01. The third kappa shape index (κ3) is 16.1. The quantitative estimate of drug-likeness (QED) is 0.0655. The Morgan fingerprint density at radius 3 is 1.85 bits per heavy atom. The zero-order chi connectivity index (χ0) is 30.2. The second-order valence-corrected chi connectivity index (χ2v) is 11.8. The molecule has 0 aromatic rings. The van der Waals surface area contributed by atoms with Crippen LogP contribution in [0.2, 0.25) is 0 Å². The number of likely N-dealkylation sites (N-methyl/N-ethyl adjacent to an activating group) is 1. The molecule has 234 valence electrons. The molecule has 1 saturated carbocycles. The van der Waals surface area contributed by atoms with Crippen molar-refractivity contribution in [2.75, 3.05) is 20.1 Å². The maximum absolute atomic E-state index is 12.8. The molecular weight excluding hydrogens is 492 g/mol. The van der Waals surface area contributed by atoms with Crippen LogP contribution < -0.4 is 0 Å². The molecule has 0 radical (unpaired) electrons. The largest absolute Gasteiger partial charge is 0.412 e. The lowest BCUT2D eigenvalue weighted by molar-refractivity contribution is -0.951. The van der Waals surface area contributed by atoms with Crippen LogP contribution in [0.25, 0.3) is 0 Å². The SMILES string of the molecule is C=C(C(=N)CCCCCCC)C1=CCC[N+](C)(C(OC(=O)CCCCCCCCCCC)C2CC2)C1.CC.CC. The van der Waals surface area contributed by atoms with E-state index in [0.29, 0.717) is 18.1 Å². The van der Waals surface area contributed by atoms with Crippen LogP contribution in [0, 0.1) is 11.3 Å². The first-order valence-corrected chi connectivity index (χ1v) is 17.4. The Bertz CT molecular complexity index is 710. The van der Waals surface area contributed by atoms with Crippen molar-refractivity contribution >= 4 is 11.7 Å². The van der Waals surface area contributed by atoms with Gasteiger partial charge in [0.15, 0.2) is 0 Å². The van der Waals surface area contributed by atoms with Gasteiger partial charge in [0, 0.05) is 30.0 Å². The first-order valence-electron chi connectivity index (χ1n) is 17.4. The number of ether oxygens (including phenoxy) is 1. The number of nitrogens with zero attached hydrogens (tertiary/aromatic N) is 1. The van der Waals surface area contributed by atoms with E-state index in [9.17, 15) is 4.79 Å². The predicted molar refractivity (Wildman–Crippen MR) is 176 cm³/mol. The number of carbonyl (C=O) groups excluding carboxylic acids is 1. The van der Waals surface area contributed by atoms with Crippen LogP contribution in [0.3, 0.4) is 0 Å². The van der Waals surface area contributed by atoms with E-state index in [1.807, 2.05) is 27.7 Å². The molecule has 1 heterocycles. The average molecular weight is 562 g/mol. The van der Waals surface area contributed by atoms with Gasteiger partial charge in [-0.15, -0.1) is 0 Å². The second-order valence-electron chi connectivity index (χ2n) is 11.8.